The fourth-order valence-electron chi connectivity index (χ4n) is 3.93. The van der Waals surface area contributed by atoms with Crippen LogP contribution in [0.4, 0.5) is 5.69 Å². The fourth-order valence-corrected chi connectivity index (χ4v) is 3.93. The van der Waals surface area contributed by atoms with E-state index >= 15 is 0 Å². The molecule has 0 aliphatic heterocycles. The Hall–Kier alpha value is -2.50. The zero-order valence-electron chi connectivity index (χ0n) is 16.0. The highest BCUT2D eigenvalue weighted by Crippen LogP contribution is 2.46. The molecular formula is C21H27N3O3. The first kappa shape index (κ1) is 17.9. The average molecular weight is 369 g/mol. The van der Waals surface area contributed by atoms with Gasteiger partial charge in [0.15, 0.2) is 11.5 Å². The lowest BCUT2D eigenvalue weighted by molar-refractivity contribution is -0.120. The van der Waals surface area contributed by atoms with Gasteiger partial charge in [0.05, 0.1) is 25.6 Å². The monoisotopic (exact) mass is 369 g/mol. The van der Waals surface area contributed by atoms with Gasteiger partial charge in [-0.2, -0.15) is 5.10 Å². The molecule has 1 heterocycles. The van der Waals surface area contributed by atoms with E-state index in [2.05, 4.69) is 15.5 Å². The van der Waals surface area contributed by atoms with Crippen LogP contribution >= 0.6 is 0 Å². The standard InChI is InChI=1S/C21H27N3O3/c1-26-16-11-10-15(12-17(16)27-2)19-20(18(23-24-19)13-8-9-13)22-21(25)14-6-4-3-5-7-14/h10-14H,3-9H2,1-2H3,(H,22,25)(H,23,24). The summed E-state index contributed by atoms with van der Waals surface area (Å²) in [4.78, 5) is 12.9. The summed E-state index contributed by atoms with van der Waals surface area (Å²) >= 11 is 0. The summed E-state index contributed by atoms with van der Waals surface area (Å²) in [5, 5.41) is 10.9. The number of nitrogens with zero attached hydrogens (tertiary/aromatic N) is 1. The Bertz CT molecular complexity index is 820. The third kappa shape index (κ3) is 3.66. The number of nitrogens with one attached hydrogen (secondary N) is 2. The van der Waals surface area contributed by atoms with Crippen LogP contribution in [0.25, 0.3) is 11.3 Å². The number of ether oxygens (including phenoxy) is 2. The molecule has 0 unspecified atom stereocenters. The van der Waals surface area contributed by atoms with Crippen LogP contribution < -0.4 is 14.8 Å². The van der Waals surface area contributed by atoms with Crippen LogP contribution in [0.3, 0.4) is 0 Å². The number of rotatable bonds is 6. The zero-order valence-corrected chi connectivity index (χ0v) is 16.0. The Kier molecular flexibility index (Phi) is 5.05. The smallest absolute Gasteiger partial charge is 0.227 e. The minimum absolute atomic E-state index is 0.110. The first-order valence-electron chi connectivity index (χ1n) is 9.82. The largest absolute Gasteiger partial charge is 0.493 e. The second-order valence-corrected chi connectivity index (χ2v) is 7.53. The highest BCUT2D eigenvalue weighted by Gasteiger charge is 2.32. The van der Waals surface area contributed by atoms with Crippen molar-refractivity contribution in [1.82, 2.24) is 10.2 Å². The van der Waals surface area contributed by atoms with Gasteiger partial charge < -0.3 is 14.8 Å². The van der Waals surface area contributed by atoms with Crippen molar-refractivity contribution in [1.29, 1.82) is 0 Å². The molecule has 0 atom stereocenters. The van der Waals surface area contributed by atoms with E-state index in [4.69, 9.17) is 9.47 Å². The molecule has 1 aromatic heterocycles. The van der Waals surface area contributed by atoms with Gasteiger partial charge in [-0.3, -0.25) is 9.89 Å². The van der Waals surface area contributed by atoms with Gasteiger partial charge in [-0.25, -0.2) is 0 Å². The number of H-pyrrole nitrogens is 1. The van der Waals surface area contributed by atoms with Crippen molar-refractivity contribution in [2.24, 2.45) is 5.92 Å². The maximum atomic E-state index is 12.9. The van der Waals surface area contributed by atoms with E-state index in [1.807, 2.05) is 18.2 Å². The predicted molar refractivity (Wildman–Crippen MR) is 104 cm³/mol. The van der Waals surface area contributed by atoms with Crippen molar-refractivity contribution < 1.29 is 14.3 Å². The van der Waals surface area contributed by atoms with Gasteiger partial charge in [0.25, 0.3) is 0 Å². The maximum absolute atomic E-state index is 12.9. The van der Waals surface area contributed by atoms with E-state index in [1.165, 1.54) is 6.42 Å². The average Bonchev–Trinajstić information content (AvgIpc) is 3.48. The van der Waals surface area contributed by atoms with Crippen LogP contribution in [0.15, 0.2) is 18.2 Å². The molecule has 1 amide bonds. The van der Waals surface area contributed by atoms with Crippen molar-refractivity contribution in [3.63, 3.8) is 0 Å². The topological polar surface area (TPSA) is 76.2 Å². The Balaban J connectivity index is 1.66. The molecule has 2 aliphatic carbocycles. The minimum atomic E-state index is 0.110. The quantitative estimate of drug-likeness (QED) is 0.786. The van der Waals surface area contributed by atoms with Gasteiger partial charge in [-0.1, -0.05) is 19.3 Å². The zero-order chi connectivity index (χ0) is 18.8. The summed E-state index contributed by atoms with van der Waals surface area (Å²) in [5.74, 6) is 2.02. The first-order valence-corrected chi connectivity index (χ1v) is 9.82. The van der Waals surface area contributed by atoms with Gasteiger partial charge in [0, 0.05) is 17.4 Å². The first-order chi connectivity index (χ1) is 13.2. The minimum Gasteiger partial charge on any atom is -0.493 e. The van der Waals surface area contributed by atoms with Gasteiger partial charge in [0.2, 0.25) is 5.91 Å². The molecule has 4 rings (SSSR count). The number of anilines is 1. The molecule has 2 aliphatic rings. The van der Waals surface area contributed by atoms with Gasteiger partial charge in [-0.05, 0) is 43.9 Å². The molecule has 0 radical (unpaired) electrons. The lowest BCUT2D eigenvalue weighted by Gasteiger charge is -2.21. The van der Waals surface area contributed by atoms with Gasteiger partial charge in [-0.15, -0.1) is 0 Å². The molecule has 0 spiro atoms. The molecule has 0 saturated heterocycles. The number of carbonyl (C=O) groups is 1. The van der Waals surface area contributed by atoms with Crippen molar-refractivity contribution in [3.05, 3.63) is 23.9 Å². The number of hydrogen-bond acceptors (Lipinski definition) is 4. The highest BCUT2D eigenvalue weighted by molar-refractivity contribution is 5.97. The molecular weight excluding hydrogens is 342 g/mol. The van der Waals surface area contributed by atoms with E-state index in [1.54, 1.807) is 14.2 Å². The number of amides is 1. The lowest BCUT2D eigenvalue weighted by Crippen LogP contribution is -2.25. The number of methoxy groups -OCH3 is 2. The van der Waals surface area contributed by atoms with Crippen LogP contribution in [0.2, 0.25) is 0 Å². The van der Waals surface area contributed by atoms with Crippen LogP contribution in [0.1, 0.15) is 56.6 Å². The molecule has 2 N–H and O–H groups in total. The molecule has 1 aromatic carbocycles. The highest BCUT2D eigenvalue weighted by atomic mass is 16.5. The number of benzene rings is 1. The van der Waals surface area contributed by atoms with Crippen molar-refractivity contribution >= 4 is 11.6 Å². The Labute approximate surface area is 159 Å². The van der Waals surface area contributed by atoms with Crippen molar-refractivity contribution in [2.45, 2.75) is 50.9 Å². The van der Waals surface area contributed by atoms with Crippen molar-refractivity contribution in [2.75, 3.05) is 19.5 Å². The van der Waals surface area contributed by atoms with E-state index in [0.717, 1.165) is 61.2 Å². The Morgan fingerprint density at radius 3 is 2.48 bits per heavy atom. The summed E-state index contributed by atoms with van der Waals surface area (Å²) in [7, 11) is 3.24. The molecule has 6 heteroatoms. The molecule has 0 bridgehead atoms. The number of aromatic amines is 1. The number of carbonyl (C=O) groups excluding carboxylic acids is 1. The number of hydrogen-bond donors (Lipinski definition) is 2. The van der Waals surface area contributed by atoms with Crippen molar-refractivity contribution in [3.8, 4) is 22.8 Å². The SMILES string of the molecule is COc1ccc(-c2n[nH]c(C3CC3)c2NC(=O)C2CCCCC2)cc1OC. The summed E-state index contributed by atoms with van der Waals surface area (Å²) in [6, 6.07) is 5.72. The van der Waals surface area contributed by atoms with Crippen LogP contribution in [0, 0.1) is 5.92 Å². The van der Waals surface area contributed by atoms with Crippen LogP contribution in [0.5, 0.6) is 11.5 Å². The second kappa shape index (κ2) is 7.62. The third-order valence-corrected chi connectivity index (χ3v) is 5.66. The van der Waals surface area contributed by atoms with E-state index in [-0.39, 0.29) is 11.8 Å². The molecule has 144 valence electrons. The van der Waals surface area contributed by atoms with E-state index in [9.17, 15) is 4.79 Å². The molecule has 6 nitrogen and oxygen atoms in total. The molecule has 2 fully saturated rings. The van der Waals surface area contributed by atoms with Gasteiger partial charge >= 0.3 is 0 Å². The molecule has 2 aromatic rings. The number of aromatic nitrogens is 2. The maximum Gasteiger partial charge on any atom is 0.227 e. The summed E-state index contributed by atoms with van der Waals surface area (Å²) in [6.07, 6.45) is 7.75. The Morgan fingerprint density at radius 2 is 1.81 bits per heavy atom. The second-order valence-electron chi connectivity index (χ2n) is 7.53. The predicted octanol–water partition coefficient (Wildman–Crippen LogP) is 4.49. The summed E-state index contributed by atoms with van der Waals surface area (Å²) in [6.45, 7) is 0. The van der Waals surface area contributed by atoms with Crippen LogP contribution in [-0.2, 0) is 4.79 Å². The molecule has 2 saturated carbocycles. The van der Waals surface area contributed by atoms with Crippen LogP contribution in [-0.4, -0.2) is 30.3 Å². The van der Waals surface area contributed by atoms with Gasteiger partial charge in [0.1, 0.15) is 5.69 Å². The fraction of sp³-hybridized carbons (Fsp3) is 0.524. The lowest BCUT2D eigenvalue weighted by atomic mass is 9.88. The third-order valence-electron chi connectivity index (χ3n) is 5.66. The summed E-state index contributed by atoms with van der Waals surface area (Å²) < 4.78 is 10.8. The normalized spacial score (nSPS) is 17.6. The molecule has 27 heavy (non-hydrogen) atoms. The summed E-state index contributed by atoms with van der Waals surface area (Å²) in [5.41, 5.74) is 3.54. The van der Waals surface area contributed by atoms with E-state index < -0.39 is 0 Å². The van der Waals surface area contributed by atoms with E-state index in [0.29, 0.717) is 17.4 Å². The Morgan fingerprint density at radius 1 is 1.07 bits per heavy atom.